The number of rotatable bonds is 7. The highest BCUT2D eigenvalue weighted by Crippen LogP contribution is 2.18. The number of carbonyl (C=O) groups excluding carboxylic acids is 1. The number of hydrogen-bond donors (Lipinski definition) is 0. The lowest BCUT2D eigenvalue weighted by Gasteiger charge is -2.34. The van der Waals surface area contributed by atoms with E-state index >= 15 is 0 Å². The predicted octanol–water partition coefficient (Wildman–Crippen LogP) is 2.31. The molecule has 152 valence electrons. The van der Waals surface area contributed by atoms with Gasteiger partial charge in [0.05, 0.1) is 5.75 Å². The summed E-state index contributed by atoms with van der Waals surface area (Å²) in [5.41, 5.74) is 0. The summed E-state index contributed by atoms with van der Waals surface area (Å²) in [5.74, 6) is 1.47. The summed E-state index contributed by atoms with van der Waals surface area (Å²) in [6, 6.07) is 10.4. The molecule has 0 unspecified atom stereocenters. The third-order valence-corrected chi connectivity index (χ3v) is 5.68. The summed E-state index contributed by atoms with van der Waals surface area (Å²) >= 11 is 5.84. The van der Waals surface area contributed by atoms with Gasteiger partial charge in [-0.1, -0.05) is 11.6 Å². The van der Waals surface area contributed by atoms with Crippen LogP contribution >= 0.6 is 11.6 Å². The van der Waals surface area contributed by atoms with E-state index in [9.17, 15) is 13.2 Å². The monoisotopic (exact) mass is 426 g/mol. The summed E-state index contributed by atoms with van der Waals surface area (Å²) in [7, 11) is -2.98. The lowest BCUT2D eigenvalue weighted by Crippen LogP contribution is -2.49. The van der Waals surface area contributed by atoms with E-state index in [1.807, 2.05) is 0 Å². The summed E-state index contributed by atoms with van der Waals surface area (Å²) in [4.78, 5) is 16.4. The minimum Gasteiger partial charge on any atom is -0.486 e. The van der Waals surface area contributed by atoms with Crippen LogP contribution in [0.5, 0.6) is 5.75 Å². The average Bonchev–Trinajstić information content (AvgIpc) is 3.14. The van der Waals surface area contributed by atoms with Crippen LogP contribution in [0.4, 0.5) is 0 Å². The van der Waals surface area contributed by atoms with Crippen molar-refractivity contribution in [3.05, 3.63) is 52.9 Å². The Bertz CT molecular complexity index is 903. The number of amides is 1. The van der Waals surface area contributed by atoms with E-state index in [2.05, 4.69) is 4.90 Å². The normalized spacial score (nSPS) is 15.6. The molecule has 1 amide bonds. The molecule has 1 aromatic heterocycles. The molecule has 2 aromatic rings. The number of nitrogens with zero attached hydrogens (tertiary/aromatic N) is 2. The minimum atomic E-state index is -2.98. The van der Waals surface area contributed by atoms with E-state index in [0.29, 0.717) is 49.3 Å². The van der Waals surface area contributed by atoms with Crippen LogP contribution in [-0.4, -0.2) is 68.9 Å². The van der Waals surface area contributed by atoms with Gasteiger partial charge in [-0.2, -0.15) is 0 Å². The largest absolute Gasteiger partial charge is 0.486 e. The highest BCUT2D eigenvalue weighted by Gasteiger charge is 2.24. The molecular formula is C19H23ClN2O5S. The predicted molar refractivity (Wildman–Crippen MR) is 107 cm³/mol. The lowest BCUT2D eigenvalue weighted by atomic mass is 10.3. The van der Waals surface area contributed by atoms with Gasteiger partial charge in [0.2, 0.25) is 0 Å². The first-order valence-electron chi connectivity index (χ1n) is 8.96. The summed E-state index contributed by atoms with van der Waals surface area (Å²) < 4.78 is 33.8. The fourth-order valence-electron chi connectivity index (χ4n) is 2.88. The van der Waals surface area contributed by atoms with E-state index in [4.69, 9.17) is 20.8 Å². The topological polar surface area (TPSA) is 80.1 Å². The van der Waals surface area contributed by atoms with Gasteiger partial charge in [-0.25, -0.2) is 8.42 Å². The van der Waals surface area contributed by atoms with Crippen molar-refractivity contribution in [3.8, 4) is 5.75 Å². The third-order valence-electron chi connectivity index (χ3n) is 4.50. The molecule has 0 saturated carbocycles. The maximum Gasteiger partial charge on any atom is 0.289 e. The molecule has 0 spiro atoms. The molecule has 1 aromatic carbocycles. The highest BCUT2D eigenvalue weighted by atomic mass is 35.5. The Kier molecular flexibility index (Phi) is 6.64. The molecule has 1 saturated heterocycles. The van der Waals surface area contributed by atoms with Crippen LogP contribution in [-0.2, 0) is 16.4 Å². The average molecular weight is 427 g/mol. The van der Waals surface area contributed by atoms with Gasteiger partial charge in [-0.3, -0.25) is 9.69 Å². The van der Waals surface area contributed by atoms with Gasteiger partial charge in [0, 0.05) is 44.0 Å². The highest BCUT2D eigenvalue weighted by molar-refractivity contribution is 7.90. The number of sulfone groups is 1. The van der Waals surface area contributed by atoms with Crippen LogP contribution in [0.3, 0.4) is 0 Å². The van der Waals surface area contributed by atoms with Crippen molar-refractivity contribution >= 4 is 27.3 Å². The van der Waals surface area contributed by atoms with Crippen LogP contribution in [0, 0.1) is 0 Å². The zero-order valence-corrected chi connectivity index (χ0v) is 17.2. The van der Waals surface area contributed by atoms with Gasteiger partial charge < -0.3 is 14.1 Å². The number of carbonyl (C=O) groups is 1. The van der Waals surface area contributed by atoms with Gasteiger partial charge in [0.25, 0.3) is 5.91 Å². The zero-order chi connectivity index (χ0) is 20.1. The van der Waals surface area contributed by atoms with Crippen LogP contribution < -0.4 is 4.74 Å². The molecule has 9 heteroatoms. The fraction of sp³-hybridized carbons (Fsp3) is 0.421. The van der Waals surface area contributed by atoms with Gasteiger partial charge in [0.15, 0.2) is 5.76 Å². The van der Waals surface area contributed by atoms with E-state index in [1.165, 1.54) is 6.26 Å². The summed E-state index contributed by atoms with van der Waals surface area (Å²) in [5, 5.41) is 0.634. The number of ether oxygens (including phenoxy) is 1. The number of piperazine rings is 1. The van der Waals surface area contributed by atoms with Crippen molar-refractivity contribution < 1.29 is 22.4 Å². The minimum absolute atomic E-state index is 0.135. The van der Waals surface area contributed by atoms with Crippen molar-refractivity contribution in [1.29, 1.82) is 0 Å². The van der Waals surface area contributed by atoms with E-state index in [0.717, 1.165) is 0 Å². The fourth-order valence-corrected chi connectivity index (χ4v) is 3.60. The van der Waals surface area contributed by atoms with Crippen molar-refractivity contribution in [3.63, 3.8) is 0 Å². The smallest absolute Gasteiger partial charge is 0.289 e. The van der Waals surface area contributed by atoms with Crippen molar-refractivity contribution in [2.45, 2.75) is 6.61 Å². The first kappa shape index (κ1) is 20.7. The molecule has 2 heterocycles. The van der Waals surface area contributed by atoms with Gasteiger partial charge in [0.1, 0.15) is 28.0 Å². The molecule has 0 atom stereocenters. The first-order valence-corrected chi connectivity index (χ1v) is 11.4. The summed E-state index contributed by atoms with van der Waals surface area (Å²) in [6.07, 6.45) is 1.23. The molecule has 3 rings (SSSR count). The second kappa shape index (κ2) is 8.98. The molecule has 0 radical (unpaired) electrons. The molecular weight excluding hydrogens is 404 g/mol. The quantitative estimate of drug-likeness (QED) is 0.676. The summed E-state index contributed by atoms with van der Waals surface area (Å²) in [6.45, 7) is 3.09. The Hall–Kier alpha value is -2.03. The van der Waals surface area contributed by atoms with Crippen molar-refractivity contribution in [1.82, 2.24) is 9.80 Å². The molecule has 28 heavy (non-hydrogen) atoms. The molecule has 0 aliphatic carbocycles. The number of halogens is 1. The van der Waals surface area contributed by atoms with Gasteiger partial charge >= 0.3 is 0 Å². The van der Waals surface area contributed by atoms with Crippen LogP contribution in [0.25, 0.3) is 0 Å². The Labute approximate surface area is 169 Å². The standard InChI is InChI=1S/C19H23ClN2O5S/c1-28(24,25)13-12-21-8-10-22(11-9-21)19(23)18-7-6-17(27-18)14-26-16-4-2-15(20)3-5-16/h2-7H,8-14H2,1H3. The Morgan fingerprint density at radius 1 is 1.11 bits per heavy atom. The Morgan fingerprint density at radius 3 is 2.43 bits per heavy atom. The van der Waals surface area contributed by atoms with E-state index in [1.54, 1.807) is 41.3 Å². The molecule has 7 nitrogen and oxygen atoms in total. The van der Waals surface area contributed by atoms with Gasteiger partial charge in [-0.15, -0.1) is 0 Å². The second-order valence-corrected chi connectivity index (χ2v) is 9.47. The van der Waals surface area contributed by atoms with Crippen molar-refractivity contribution in [2.24, 2.45) is 0 Å². The molecule has 1 aliphatic heterocycles. The number of furan rings is 1. The number of hydrogen-bond acceptors (Lipinski definition) is 6. The number of benzene rings is 1. The van der Waals surface area contributed by atoms with Crippen molar-refractivity contribution in [2.75, 3.05) is 44.7 Å². The molecule has 1 aliphatic rings. The zero-order valence-electron chi connectivity index (χ0n) is 15.6. The maximum absolute atomic E-state index is 12.6. The first-order chi connectivity index (χ1) is 13.3. The van der Waals surface area contributed by atoms with Crippen LogP contribution in [0.15, 0.2) is 40.8 Å². The second-order valence-electron chi connectivity index (χ2n) is 6.77. The lowest BCUT2D eigenvalue weighted by molar-refractivity contribution is 0.0609. The van der Waals surface area contributed by atoms with Crippen LogP contribution in [0.1, 0.15) is 16.3 Å². The van der Waals surface area contributed by atoms with Gasteiger partial charge in [-0.05, 0) is 36.4 Å². The third kappa shape index (κ3) is 5.98. The Morgan fingerprint density at radius 2 is 1.79 bits per heavy atom. The molecule has 0 N–H and O–H groups in total. The SMILES string of the molecule is CS(=O)(=O)CCN1CCN(C(=O)c2ccc(COc3ccc(Cl)cc3)o2)CC1. The molecule has 0 bridgehead atoms. The Balaban J connectivity index is 1.48. The van der Waals surface area contributed by atoms with E-state index < -0.39 is 9.84 Å². The maximum atomic E-state index is 12.6. The molecule has 1 fully saturated rings. The van der Waals surface area contributed by atoms with E-state index in [-0.39, 0.29) is 24.0 Å². The van der Waals surface area contributed by atoms with Crippen LogP contribution in [0.2, 0.25) is 5.02 Å².